The van der Waals surface area contributed by atoms with Crippen LogP contribution in [0.4, 0.5) is 0 Å². The van der Waals surface area contributed by atoms with E-state index in [9.17, 15) is 9.59 Å². The lowest BCUT2D eigenvalue weighted by Crippen LogP contribution is -2.16. The molecule has 0 saturated heterocycles. The Balaban J connectivity index is 4.27. The quantitative estimate of drug-likeness (QED) is 0.0274. The van der Waals surface area contributed by atoms with E-state index in [0.717, 1.165) is 83.1 Å². The van der Waals surface area contributed by atoms with Gasteiger partial charge in [0, 0.05) is 19.3 Å². The summed E-state index contributed by atoms with van der Waals surface area (Å²) < 4.78 is 17.0. The zero-order chi connectivity index (χ0) is 37.6. The van der Waals surface area contributed by atoms with Gasteiger partial charge in [0.15, 0.2) is 0 Å². The summed E-state index contributed by atoms with van der Waals surface area (Å²) in [4.78, 5) is 26.3. The first kappa shape index (κ1) is 48.9. The molecule has 0 aliphatic heterocycles. The molecular formula is C45H83NO5. The molecule has 0 aliphatic carbocycles. The second-order valence-electron chi connectivity index (χ2n) is 15.2. The van der Waals surface area contributed by atoms with E-state index >= 15 is 0 Å². The lowest BCUT2D eigenvalue weighted by Gasteiger charge is -2.21. The third kappa shape index (κ3) is 37.5. The number of rotatable bonds is 38. The van der Waals surface area contributed by atoms with Gasteiger partial charge in [-0.2, -0.15) is 0 Å². The number of hydrogen-bond acceptors (Lipinski definition) is 6. The highest BCUT2D eigenvalue weighted by molar-refractivity contribution is 5.69. The van der Waals surface area contributed by atoms with Crippen LogP contribution in [0, 0.1) is 11.8 Å². The SMILES string of the molecule is C=C(CC(C)CCN(C)C)OCC(CCCCCCCC(=O)OC/C=C\CCCCCC)CCCCCCCC(=O)OC/C=C\CCCCCC. The van der Waals surface area contributed by atoms with Gasteiger partial charge in [0.25, 0.3) is 0 Å². The molecule has 6 heteroatoms. The van der Waals surface area contributed by atoms with Crippen LogP contribution in [0.5, 0.6) is 0 Å². The summed E-state index contributed by atoms with van der Waals surface area (Å²) in [6, 6.07) is 0. The van der Waals surface area contributed by atoms with E-state index < -0.39 is 0 Å². The predicted octanol–water partition coefficient (Wildman–Crippen LogP) is 12.7. The number of esters is 2. The Morgan fingerprint density at radius 1 is 0.588 bits per heavy atom. The average molecular weight is 718 g/mol. The van der Waals surface area contributed by atoms with Crippen LogP contribution < -0.4 is 0 Å². The zero-order valence-electron chi connectivity index (χ0n) is 34.4. The topological polar surface area (TPSA) is 65.1 Å². The number of ether oxygens (including phenoxy) is 3. The van der Waals surface area contributed by atoms with Crippen LogP contribution in [0.25, 0.3) is 0 Å². The van der Waals surface area contributed by atoms with Gasteiger partial charge < -0.3 is 19.1 Å². The molecule has 0 radical (unpaired) electrons. The highest BCUT2D eigenvalue weighted by atomic mass is 16.5. The first-order valence-electron chi connectivity index (χ1n) is 21.3. The summed E-state index contributed by atoms with van der Waals surface area (Å²) in [7, 11) is 4.25. The number of nitrogens with zero attached hydrogens (tertiary/aromatic N) is 1. The Hall–Kier alpha value is -2.08. The maximum Gasteiger partial charge on any atom is 0.306 e. The Morgan fingerprint density at radius 3 is 1.51 bits per heavy atom. The van der Waals surface area contributed by atoms with Crippen molar-refractivity contribution in [3.05, 3.63) is 36.6 Å². The van der Waals surface area contributed by atoms with Crippen molar-refractivity contribution in [2.24, 2.45) is 11.8 Å². The molecule has 0 aromatic rings. The molecule has 51 heavy (non-hydrogen) atoms. The number of carbonyl (C=O) groups is 2. The van der Waals surface area contributed by atoms with Gasteiger partial charge in [-0.25, -0.2) is 0 Å². The van der Waals surface area contributed by atoms with Crippen LogP contribution in [-0.2, 0) is 23.8 Å². The fourth-order valence-corrected chi connectivity index (χ4v) is 6.22. The van der Waals surface area contributed by atoms with Gasteiger partial charge in [-0.1, -0.05) is 142 Å². The van der Waals surface area contributed by atoms with Gasteiger partial charge in [-0.05, 0) is 90.3 Å². The Morgan fingerprint density at radius 2 is 1.04 bits per heavy atom. The van der Waals surface area contributed by atoms with Crippen LogP contribution in [0.1, 0.15) is 188 Å². The van der Waals surface area contributed by atoms with Gasteiger partial charge in [0.2, 0.25) is 0 Å². The Labute approximate surface area is 316 Å². The van der Waals surface area contributed by atoms with Crippen LogP contribution in [0.2, 0.25) is 0 Å². The second-order valence-corrected chi connectivity index (χ2v) is 15.2. The maximum absolute atomic E-state index is 12.1. The lowest BCUT2D eigenvalue weighted by molar-refractivity contribution is -0.143. The first-order valence-corrected chi connectivity index (χ1v) is 21.3. The van der Waals surface area contributed by atoms with E-state index in [-0.39, 0.29) is 11.9 Å². The molecule has 0 amide bonds. The van der Waals surface area contributed by atoms with Crippen LogP contribution in [0.3, 0.4) is 0 Å². The minimum Gasteiger partial charge on any atom is -0.498 e. The second kappa shape index (κ2) is 37.7. The Kier molecular flexibility index (Phi) is 36.1. The van der Waals surface area contributed by atoms with Crippen molar-refractivity contribution in [3.8, 4) is 0 Å². The van der Waals surface area contributed by atoms with Crippen molar-refractivity contribution >= 4 is 11.9 Å². The lowest BCUT2D eigenvalue weighted by atomic mass is 9.94. The van der Waals surface area contributed by atoms with E-state index in [1.54, 1.807) is 0 Å². The molecule has 298 valence electrons. The molecule has 1 atom stereocenters. The maximum atomic E-state index is 12.1. The predicted molar refractivity (Wildman–Crippen MR) is 218 cm³/mol. The summed E-state index contributed by atoms with van der Waals surface area (Å²) in [6.45, 7) is 13.6. The number of hydrogen-bond donors (Lipinski definition) is 0. The van der Waals surface area contributed by atoms with Gasteiger partial charge >= 0.3 is 11.9 Å². The minimum absolute atomic E-state index is 0.0738. The molecule has 6 nitrogen and oxygen atoms in total. The summed E-state index contributed by atoms with van der Waals surface area (Å²) in [5, 5.41) is 0. The largest absolute Gasteiger partial charge is 0.498 e. The average Bonchev–Trinajstić information content (AvgIpc) is 3.10. The van der Waals surface area contributed by atoms with Crippen molar-refractivity contribution in [3.63, 3.8) is 0 Å². The van der Waals surface area contributed by atoms with E-state index in [0.29, 0.717) is 37.9 Å². The first-order chi connectivity index (χ1) is 24.8. The normalized spacial score (nSPS) is 12.4. The third-order valence-corrected chi connectivity index (χ3v) is 9.62. The van der Waals surface area contributed by atoms with E-state index in [2.05, 4.69) is 58.5 Å². The molecule has 0 spiro atoms. The molecule has 0 fully saturated rings. The zero-order valence-corrected chi connectivity index (χ0v) is 34.4. The molecular weight excluding hydrogens is 634 g/mol. The molecule has 0 rings (SSSR count). The van der Waals surface area contributed by atoms with Crippen LogP contribution in [-0.4, -0.2) is 57.3 Å². The monoisotopic (exact) mass is 718 g/mol. The fraction of sp³-hybridized carbons (Fsp3) is 0.822. The van der Waals surface area contributed by atoms with Gasteiger partial charge in [-0.3, -0.25) is 9.59 Å². The van der Waals surface area contributed by atoms with Gasteiger partial charge in [0.1, 0.15) is 13.2 Å². The molecule has 0 aromatic heterocycles. The van der Waals surface area contributed by atoms with Crippen molar-refractivity contribution < 1.29 is 23.8 Å². The molecule has 0 aliphatic rings. The van der Waals surface area contributed by atoms with E-state index in [1.807, 2.05) is 12.2 Å². The standard InChI is InChI=1S/C45H83NO5/c1-7-9-11-13-15-23-29-37-49-44(47)33-27-21-17-19-25-31-43(40-51-42(4)39-41(3)35-36-46(5)6)32-26-20-18-22-28-34-45(48)50-38-30-24-16-14-12-10-8-2/h23-24,29-30,41,43H,4,7-22,25-28,31-40H2,1-3,5-6H3/b29-23-,30-24-. The van der Waals surface area contributed by atoms with Crippen molar-refractivity contribution in [2.75, 3.05) is 40.5 Å². The summed E-state index contributed by atoms with van der Waals surface area (Å²) >= 11 is 0. The third-order valence-electron chi connectivity index (χ3n) is 9.62. The molecule has 0 aromatic carbocycles. The highest BCUT2D eigenvalue weighted by Crippen LogP contribution is 2.22. The smallest absolute Gasteiger partial charge is 0.306 e. The molecule has 1 unspecified atom stereocenters. The molecule has 0 heterocycles. The van der Waals surface area contributed by atoms with E-state index in [1.165, 1.54) is 89.9 Å². The number of carbonyl (C=O) groups excluding carboxylic acids is 2. The van der Waals surface area contributed by atoms with Crippen molar-refractivity contribution in [1.29, 1.82) is 0 Å². The van der Waals surface area contributed by atoms with Gasteiger partial charge in [0.05, 0.1) is 12.4 Å². The molecule has 0 bridgehead atoms. The number of unbranched alkanes of at least 4 members (excludes halogenated alkanes) is 16. The summed E-state index contributed by atoms with van der Waals surface area (Å²) in [6.07, 6.45) is 37.1. The van der Waals surface area contributed by atoms with Crippen molar-refractivity contribution in [1.82, 2.24) is 4.90 Å². The van der Waals surface area contributed by atoms with Crippen LogP contribution in [0.15, 0.2) is 36.6 Å². The minimum atomic E-state index is -0.0738. The summed E-state index contributed by atoms with van der Waals surface area (Å²) in [5.41, 5.74) is 0. The highest BCUT2D eigenvalue weighted by Gasteiger charge is 2.13. The summed E-state index contributed by atoms with van der Waals surface area (Å²) in [5.74, 6) is 1.89. The fourth-order valence-electron chi connectivity index (χ4n) is 6.22. The molecule has 0 saturated carbocycles. The Bertz CT molecular complexity index is 815. The van der Waals surface area contributed by atoms with E-state index in [4.69, 9.17) is 14.2 Å². The van der Waals surface area contributed by atoms with Crippen molar-refractivity contribution in [2.45, 2.75) is 188 Å². The van der Waals surface area contributed by atoms with Gasteiger partial charge in [-0.15, -0.1) is 0 Å². The molecule has 0 N–H and O–H groups in total. The number of allylic oxidation sites excluding steroid dienone is 3. The van der Waals surface area contributed by atoms with Crippen LogP contribution >= 0.6 is 0 Å².